The zero-order valence-electron chi connectivity index (χ0n) is 5.02. The van der Waals surface area contributed by atoms with E-state index in [2.05, 4.69) is 5.10 Å². The Kier molecular flexibility index (Phi) is 1.07. The van der Waals surface area contributed by atoms with Gasteiger partial charge < -0.3 is 0 Å². The van der Waals surface area contributed by atoms with Crippen molar-refractivity contribution >= 4 is 22.5 Å². The van der Waals surface area contributed by atoms with Crippen LogP contribution in [0.5, 0.6) is 0 Å². The van der Waals surface area contributed by atoms with E-state index >= 15 is 0 Å². The second-order valence-corrected chi connectivity index (χ2v) is 2.77. The van der Waals surface area contributed by atoms with Crippen molar-refractivity contribution in [1.29, 1.82) is 0 Å². The van der Waals surface area contributed by atoms with Crippen LogP contribution in [0.3, 0.4) is 0 Å². The van der Waals surface area contributed by atoms with Crippen LogP contribution in [-0.2, 0) is 0 Å². The fourth-order valence-corrected chi connectivity index (χ4v) is 1.58. The zero-order chi connectivity index (χ0) is 6.97. The first-order valence-electron chi connectivity index (χ1n) is 2.78. The summed E-state index contributed by atoms with van der Waals surface area (Å²) in [5.74, 6) is 0. The maximum absolute atomic E-state index is 10.3. The third kappa shape index (κ3) is 0.593. The molecule has 0 fully saturated rings. The summed E-state index contributed by atoms with van der Waals surface area (Å²) in [7, 11) is 0. The van der Waals surface area contributed by atoms with Gasteiger partial charge in [0.25, 0.3) is 0 Å². The summed E-state index contributed by atoms with van der Waals surface area (Å²) in [6.07, 6.45) is 4.21. The van der Waals surface area contributed by atoms with Crippen molar-refractivity contribution in [3.63, 3.8) is 0 Å². The normalized spacial score (nSPS) is 10.4. The fraction of sp³-hybridized carbons (Fsp3) is 0. The van der Waals surface area contributed by atoms with Crippen molar-refractivity contribution in [3.05, 3.63) is 23.3 Å². The number of carbonyl (C=O) groups excluding carboxylic acids is 1. The Morgan fingerprint density at radius 3 is 3.40 bits per heavy atom. The van der Waals surface area contributed by atoms with Crippen LogP contribution in [0.4, 0.5) is 0 Å². The Morgan fingerprint density at radius 2 is 2.60 bits per heavy atom. The quantitative estimate of drug-likeness (QED) is 0.575. The van der Waals surface area contributed by atoms with Gasteiger partial charge in [-0.3, -0.25) is 4.79 Å². The zero-order valence-corrected chi connectivity index (χ0v) is 5.84. The molecule has 2 rings (SSSR count). The highest BCUT2D eigenvalue weighted by Crippen LogP contribution is 2.13. The average Bonchev–Trinajstić information content (AvgIpc) is 2.44. The number of hydrogen-bond acceptors (Lipinski definition) is 3. The summed E-state index contributed by atoms with van der Waals surface area (Å²) >= 11 is 1.51. The number of aromatic nitrogens is 2. The van der Waals surface area contributed by atoms with Crippen LogP contribution in [0.25, 0.3) is 4.83 Å². The minimum Gasteiger partial charge on any atom is -0.298 e. The van der Waals surface area contributed by atoms with E-state index in [0.717, 1.165) is 11.1 Å². The van der Waals surface area contributed by atoms with Crippen molar-refractivity contribution in [3.8, 4) is 0 Å². The van der Waals surface area contributed by atoms with Gasteiger partial charge in [-0.2, -0.15) is 5.10 Å². The lowest BCUT2D eigenvalue weighted by Crippen LogP contribution is -1.75. The molecule has 0 spiro atoms. The molecule has 0 N–H and O–H groups in total. The Morgan fingerprint density at radius 1 is 1.70 bits per heavy atom. The summed E-state index contributed by atoms with van der Waals surface area (Å²) in [4.78, 5) is 11.2. The summed E-state index contributed by atoms with van der Waals surface area (Å²) in [6.45, 7) is 0. The molecule has 4 heteroatoms. The SMILES string of the molecule is O=Cc1cnn2ccsc12. The number of carbonyl (C=O) groups is 1. The lowest BCUT2D eigenvalue weighted by atomic mass is 10.4. The van der Waals surface area contributed by atoms with Crippen molar-refractivity contribution in [2.24, 2.45) is 0 Å². The molecule has 10 heavy (non-hydrogen) atoms. The van der Waals surface area contributed by atoms with Crippen LogP contribution in [0.1, 0.15) is 10.4 Å². The molecule has 0 aliphatic rings. The van der Waals surface area contributed by atoms with Gasteiger partial charge in [0.15, 0.2) is 6.29 Å². The van der Waals surface area contributed by atoms with E-state index in [1.807, 2.05) is 11.6 Å². The first-order chi connectivity index (χ1) is 4.92. The van der Waals surface area contributed by atoms with Crippen LogP contribution in [-0.4, -0.2) is 15.9 Å². The molecule has 0 amide bonds. The van der Waals surface area contributed by atoms with Crippen molar-refractivity contribution < 1.29 is 4.79 Å². The third-order valence-corrected chi connectivity index (χ3v) is 2.19. The van der Waals surface area contributed by atoms with Gasteiger partial charge in [0.2, 0.25) is 0 Å². The highest BCUT2D eigenvalue weighted by atomic mass is 32.1. The van der Waals surface area contributed by atoms with E-state index < -0.39 is 0 Å². The van der Waals surface area contributed by atoms with Crippen LogP contribution in [0.2, 0.25) is 0 Å². The second-order valence-electron chi connectivity index (χ2n) is 1.87. The Balaban J connectivity index is 2.88. The van der Waals surface area contributed by atoms with Crippen LogP contribution in [0.15, 0.2) is 17.8 Å². The van der Waals surface area contributed by atoms with Crippen molar-refractivity contribution in [1.82, 2.24) is 9.61 Å². The number of aldehydes is 1. The van der Waals surface area contributed by atoms with Gasteiger partial charge in [-0.1, -0.05) is 0 Å². The molecule has 2 aromatic heterocycles. The Hall–Kier alpha value is -1.16. The largest absolute Gasteiger partial charge is 0.298 e. The highest BCUT2D eigenvalue weighted by Gasteiger charge is 2.01. The van der Waals surface area contributed by atoms with Gasteiger partial charge in [-0.05, 0) is 0 Å². The molecule has 0 saturated heterocycles. The molecule has 2 heterocycles. The van der Waals surface area contributed by atoms with E-state index in [9.17, 15) is 4.79 Å². The Bertz CT molecular complexity index is 362. The monoisotopic (exact) mass is 152 g/mol. The van der Waals surface area contributed by atoms with Crippen LogP contribution >= 0.6 is 11.3 Å². The van der Waals surface area contributed by atoms with E-state index in [0.29, 0.717) is 5.56 Å². The van der Waals surface area contributed by atoms with Gasteiger partial charge in [0, 0.05) is 11.6 Å². The fourth-order valence-electron chi connectivity index (χ4n) is 0.826. The maximum atomic E-state index is 10.3. The number of nitrogens with zero attached hydrogens (tertiary/aromatic N) is 2. The molecule has 0 saturated carbocycles. The second kappa shape index (κ2) is 1.91. The van der Waals surface area contributed by atoms with Gasteiger partial charge >= 0.3 is 0 Å². The predicted octanol–water partition coefficient (Wildman–Crippen LogP) is 1.21. The summed E-state index contributed by atoms with van der Waals surface area (Å²) in [6, 6.07) is 0. The molecule has 0 aliphatic heterocycles. The molecule has 0 aromatic carbocycles. The smallest absolute Gasteiger partial charge is 0.154 e. The number of rotatable bonds is 1. The van der Waals surface area contributed by atoms with Gasteiger partial charge in [-0.25, -0.2) is 4.52 Å². The van der Waals surface area contributed by atoms with E-state index in [4.69, 9.17) is 0 Å². The molecule has 0 radical (unpaired) electrons. The molecule has 0 bridgehead atoms. The van der Waals surface area contributed by atoms with Gasteiger partial charge in [0.05, 0.1) is 11.8 Å². The van der Waals surface area contributed by atoms with E-state index in [1.54, 1.807) is 10.7 Å². The minimum absolute atomic E-state index is 0.662. The van der Waals surface area contributed by atoms with E-state index in [1.165, 1.54) is 11.3 Å². The molecule has 3 nitrogen and oxygen atoms in total. The molecule has 50 valence electrons. The van der Waals surface area contributed by atoms with E-state index in [-0.39, 0.29) is 0 Å². The number of fused-ring (bicyclic) bond motifs is 1. The molecule has 2 aromatic rings. The van der Waals surface area contributed by atoms with Crippen LogP contribution in [0, 0.1) is 0 Å². The average molecular weight is 152 g/mol. The molecular weight excluding hydrogens is 148 g/mol. The first kappa shape index (κ1) is 5.61. The molecule has 0 atom stereocenters. The molecule has 0 unspecified atom stereocenters. The summed E-state index contributed by atoms with van der Waals surface area (Å²) < 4.78 is 1.69. The lowest BCUT2D eigenvalue weighted by Gasteiger charge is -1.76. The molecule has 0 aliphatic carbocycles. The predicted molar refractivity (Wildman–Crippen MR) is 38.5 cm³/mol. The molecular formula is C6H4N2OS. The van der Waals surface area contributed by atoms with Crippen molar-refractivity contribution in [2.75, 3.05) is 0 Å². The topological polar surface area (TPSA) is 34.4 Å². The minimum atomic E-state index is 0.662. The van der Waals surface area contributed by atoms with Gasteiger partial charge in [0.1, 0.15) is 4.83 Å². The van der Waals surface area contributed by atoms with Gasteiger partial charge in [-0.15, -0.1) is 11.3 Å². The standard InChI is InChI=1S/C6H4N2OS/c9-4-5-3-7-8-1-2-10-6(5)8/h1-4H. The summed E-state index contributed by atoms with van der Waals surface area (Å²) in [5.41, 5.74) is 0.662. The van der Waals surface area contributed by atoms with Crippen molar-refractivity contribution in [2.45, 2.75) is 0 Å². The summed E-state index contributed by atoms with van der Waals surface area (Å²) in [5, 5.41) is 5.84. The van der Waals surface area contributed by atoms with Crippen LogP contribution < -0.4 is 0 Å². The Labute approximate surface area is 60.9 Å². The maximum Gasteiger partial charge on any atom is 0.154 e. The highest BCUT2D eigenvalue weighted by molar-refractivity contribution is 7.15. The first-order valence-corrected chi connectivity index (χ1v) is 3.66. The number of thiazole rings is 1. The number of hydrogen-bond donors (Lipinski definition) is 0. The third-order valence-electron chi connectivity index (χ3n) is 1.28. The lowest BCUT2D eigenvalue weighted by molar-refractivity contribution is 0.112.